The van der Waals surface area contributed by atoms with Gasteiger partial charge in [-0.05, 0) is 0 Å². The van der Waals surface area contributed by atoms with E-state index in [4.69, 9.17) is 0 Å². The monoisotopic (exact) mass is 475 g/mol. The minimum absolute atomic E-state index is 4.87. The van der Waals surface area contributed by atoms with Crippen LogP contribution in [-0.2, 0) is 13.2 Å². The third-order valence-corrected chi connectivity index (χ3v) is 22.1. The Morgan fingerprint density at radius 2 is 0.867 bits per heavy atom. The fourth-order valence-corrected chi connectivity index (χ4v) is 16.9. The fourth-order valence-electron chi connectivity index (χ4n) is 0.214. The van der Waals surface area contributed by atoms with Crippen LogP contribution >= 0.6 is 0 Å². The first kappa shape index (κ1) is 15.4. The molecule has 0 heterocycles. The minimum atomic E-state index is -6.17. The third-order valence-electron chi connectivity index (χ3n) is 0.781. The van der Waals surface area contributed by atoms with Crippen LogP contribution in [0.25, 0.3) is 0 Å². The normalized spacial score (nSPS) is 15.3. The summed E-state index contributed by atoms with van der Waals surface area (Å²) in [5.41, 5.74) is -11.9. The van der Waals surface area contributed by atoms with Crippen LogP contribution in [0.1, 0.15) is 0 Å². The standard InChI is InChI=1S/2CF3O2S.Bi/c2*2-1(3,4)7(5)6;. The van der Waals surface area contributed by atoms with Crippen LogP contribution in [0.15, 0.2) is 0 Å². The zero-order valence-corrected chi connectivity index (χ0v) is 11.3. The summed E-state index contributed by atoms with van der Waals surface area (Å²) in [4.78, 5) is 0. The van der Waals surface area contributed by atoms with Gasteiger partial charge in [0, 0.05) is 0 Å². The van der Waals surface area contributed by atoms with Gasteiger partial charge < -0.3 is 0 Å². The molecular formula is C2BiF6O4S2. The van der Waals surface area contributed by atoms with Gasteiger partial charge in [0.25, 0.3) is 0 Å². The molecule has 0 unspecified atom stereocenters. The van der Waals surface area contributed by atoms with Crippen molar-refractivity contribution in [3.63, 3.8) is 0 Å². The topological polar surface area (TPSA) is 68.3 Å². The van der Waals surface area contributed by atoms with E-state index in [1.165, 1.54) is 0 Å². The van der Waals surface area contributed by atoms with Crippen molar-refractivity contribution in [2.45, 2.75) is 11.0 Å². The van der Waals surface area contributed by atoms with Crippen molar-refractivity contribution in [2.75, 3.05) is 0 Å². The van der Waals surface area contributed by atoms with E-state index >= 15 is 0 Å². The molecule has 0 aliphatic rings. The molecule has 0 spiro atoms. The number of halogens is 6. The molecule has 91 valence electrons. The Kier molecular flexibility index (Phi) is 4.08. The van der Waals surface area contributed by atoms with Crippen LogP contribution in [0, 0.1) is 0 Å². The first-order chi connectivity index (χ1) is 6.21. The SMILES string of the molecule is O=[S](=O)([Bi][S](=O)(=O)C(F)(F)F)C(F)(F)F. The molecule has 0 N–H and O–H groups in total. The Morgan fingerprint density at radius 1 is 0.667 bits per heavy atom. The molecule has 0 fully saturated rings. The van der Waals surface area contributed by atoms with Gasteiger partial charge in [-0.15, -0.1) is 0 Å². The number of rotatable bonds is 2. The number of hydrogen-bond donors (Lipinski definition) is 0. The van der Waals surface area contributed by atoms with Crippen molar-refractivity contribution in [3.05, 3.63) is 0 Å². The summed E-state index contributed by atoms with van der Waals surface area (Å²) < 4.78 is 110. The molecule has 0 aromatic carbocycles. The first-order valence-corrected chi connectivity index (χ1v) is 14.0. The summed E-state index contributed by atoms with van der Waals surface area (Å²) in [5, 5.41) is 0. The van der Waals surface area contributed by atoms with Crippen LogP contribution in [0.2, 0.25) is 0 Å². The van der Waals surface area contributed by atoms with Gasteiger partial charge in [-0.25, -0.2) is 0 Å². The number of hydrogen-bond acceptors (Lipinski definition) is 4. The average molecular weight is 475 g/mol. The molecule has 0 atom stereocenters. The van der Waals surface area contributed by atoms with Crippen molar-refractivity contribution in [3.8, 4) is 0 Å². The molecule has 0 aliphatic carbocycles. The van der Waals surface area contributed by atoms with Gasteiger partial charge in [0.15, 0.2) is 0 Å². The predicted molar refractivity (Wildman–Crippen MR) is 35.7 cm³/mol. The molecule has 0 bridgehead atoms. The first-order valence-electron chi connectivity index (χ1n) is 2.57. The van der Waals surface area contributed by atoms with Crippen molar-refractivity contribution < 1.29 is 43.2 Å². The fraction of sp³-hybridized carbons (Fsp3) is 1.00. The van der Waals surface area contributed by atoms with Crippen LogP contribution in [0.4, 0.5) is 26.3 Å². The van der Waals surface area contributed by atoms with Gasteiger partial charge in [-0.2, -0.15) is 0 Å². The number of alkyl halides is 6. The quantitative estimate of drug-likeness (QED) is 0.429. The second-order valence-corrected chi connectivity index (χ2v) is 21.8. The molecule has 0 aromatic rings. The van der Waals surface area contributed by atoms with Gasteiger partial charge in [-0.3, -0.25) is 0 Å². The van der Waals surface area contributed by atoms with Gasteiger partial charge >= 0.3 is 87.7 Å². The van der Waals surface area contributed by atoms with Gasteiger partial charge in [0.2, 0.25) is 0 Å². The molecule has 1 radical (unpaired) electrons. The van der Waals surface area contributed by atoms with E-state index in [0.29, 0.717) is 0 Å². The van der Waals surface area contributed by atoms with E-state index in [1.807, 2.05) is 0 Å². The molecule has 0 rings (SSSR count). The van der Waals surface area contributed by atoms with Gasteiger partial charge in [0.1, 0.15) is 0 Å². The molecule has 0 aromatic heterocycles. The van der Waals surface area contributed by atoms with Crippen LogP contribution in [0.5, 0.6) is 0 Å². The van der Waals surface area contributed by atoms with Gasteiger partial charge in [-0.1, -0.05) is 0 Å². The Morgan fingerprint density at radius 3 is 1.00 bits per heavy atom. The second kappa shape index (κ2) is 3.99. The molecule has 13 heteroatoms. The summed E-state index contributed by atoms with van der Waals surface area (Å²) in [5.74, 6) is 0. The Bertz CT molecular complexity index is 385. The van der Waals surface area contributed by atoms with Crippen LogP contribution in [0.3, 0.4) is 0 Å². The summed E-state index contributed by atoms with van der Waals surface area (Å²) >= 11 is -4.87. The van der Waals surface area contributed by atoms with E-state index in [9.17, 15) is 43.2 Å². The second-order valence-electron chi connectivity index (χ2n) is 1.92. The van der Waals surface area contributed by atoms with E-state index in [0.717, 1.165) is 0 Å². The average Bonchev–Trinajstić information content (AvgIpc) is 1.77. The maximum atomic E-state index is 11.6. The Hall–Kier alpha value is 0.363. The molecule has 0 saturated carbocycles. The van der Waals surface area contributed by atoms with Crippen LogP contribution < -0.4 is 0 Å². The summed E-state index contributed by atoms with van der Waals surface area (Å²) in [6.45, 7) is -12.3. The van der Waals surface area contributed by atoms with E-state index < -0.39 is 44.5 Å². The Labute approximate surface area is 87.5 Å². The zero-order valence-electron chi connectivity index (χ0n) is 6.16. The third kappa shape index (κ3) is 3.70. The summed E-state index contributed by atoms with van der Waals surface area (Å²) in [6.07, 6.45) is 0. The predicted octanol–water partition coefficient (Wildman–Crippen LogP) is 0.390. The molecule has 15 heavy (non-hydrogen) atoms. The molecular weight excluding hydrogens is 475 g/mol. The molecule has 4 nitrogen and oxygen atoms in total. The summed E-state index contributed by atoms with van der Waals surface area (Å²) in [7, 11) is 0. The van der Waals surface area contributed by atoms with E-state index in [2.05, 4.69) is 0 Å². The maximum absolute atomic E-state index is 11.6. The van der Waals surface area contributed by atoms with Crippen molar-refractivity contribution >= 4 is 33.5 Å². The van der Waals surface area contributed by atoms with Crippen molar-refractivity contribution in [1.29, 1.82) is 0 Å². The van der Waals surface area contributed by atoms with E-state index in [-0.39, 0.29) is 0 Å². The van der Waals surface area contributed by atoms with Crippen molar-refractivity contribution in [2.24, 2.45) is 0 Å². The molecule has 0 amide bonds. The molecule has 0 aliphatic heterocycles. The Balaban J connectivity index is 5.28. The zero-order chi connectivity index (χ0) is 12.7. The van der Waals surface area contributed by atoms with Crippen LogP contribution in [-0.4, -0.2) is 48.2 Å². The van der Waals surface area contributed by atoms with Crippen molar-refractivity contribution in [1.82, 2.24) is 0 Å². The molecule has 0 saturated heterocycles. The van der Waals surface area contributed by atoms with E-state index in [1.54, 1.807) is 0 Å². The summed E-state index contributed by atoms with van der Waals surface area (Å²) in [6, 6.07) is 0. The van der Waals surface area contributed by atoms with Gasteiger partial charge in [0.05, 0.1) is 0 Å².